The van der Waals surface area contributed by atoms with E-state index in [9.17, 15) is 0 Å². The molecule has 1 N–H and O–H groups in total. The fourth-order valence-electron chi connectivity index (χ4n) is 2.96. The van der Waals surface area contributed by atoms with Crippen LogP contribution in [0.25, 0.3) is 0 Å². The second-order valence-corrected chi connectivity index (χ2v) is 5.81. The summed E-state index contributed by atoms with van der Waals surface area (Å²) in [7, 11) is 0. The molecule has 0 bridgehead atoms. The Labute approximate surface area is 101 Å². The summed E-state index contributed by atoms with van der Waals surface area (Å²) in [6.07, 6.45) is 8.49. The van der Waals surface area contributed by atoms with Crippen LogP contribution in [0.3, 0.4) is 0 Å². The van der Waals surface area contributed by atoms with Crippen molar-refractivity contribution < 1.29 is 0 Å². The Hall–Kier alpha value is -0.0800. The lowest BCUT2D eigenvalue weighted by atomic mass is 10.1. The van der Waals surface area contributed by atoms with E-state index in [4.69, 9.17) is 0 Å². The quantitative estimate of drug-likeness (QED) is 0.772. The van der Waals surface area contributed by atoms with Gasteiger partial charge in [-0.15, -0.1) is 0 Å². The van der Waals surface area contributed by atoms with E-state index in [0.29, 0.717) is 0 Å². The average Bonchev–Trinajstić information content (AvgIpc) is 3.06. The van der Waals surface area contributed by atoms with Crippen LogP contribution in [-0.2, 0) is 0 Å². The van der Waals surface area contributed by atoms with E-state index < -0.39 is 0 Å². The summed E-state index contributed by atoms with van der Waals surface area (Å²) in [4.78, 5) is 2.59. The first kappa shape index (κ1) is 12.4. The maximum absolute atomic E-state index is 3.85. The van der Waals surface area contributed by atoms with Crippen molar-refractivity contribution >= 4 is 0 Å². The van der Waals surface area contributed by atoms with Crippen molar-refractivity contribution in [2.45, 2.75) is 64.5 Å². The summed E-state index contributed by atoms with van der Waals surface area (Å²) in [6.45, 7) is 8.49. The number of rotatable bonds is 5. The van der Waals surface area contributed by atoms with Gasteiger partial charge >= 0.3 is 0 Å². The molecule has 0 aromatic rings. The molecule has 2 unspecified atom stereocenters. The van der Waals surface area contributed by atoms with E-state index in [1.54, 1.807) is 0 Å². The molecule has 1 saturated carbocycles. The fraction of sp³-hybridized carbons (Fsp3) is 1.00. The van der Waals surface area contributed by atoms with Crippen LogP contribution in [0.1, 0.15) is 52.4 Å². The third-order valence-corrected chi connectivity index (χ3v) is 4.17. The van der Waals surface area contributed by atoms with Crippen molar-refractivity contribution in [1.82, 2.24) is 10.2 Å². The van der Waals surface area contributed by atoms with Gasteiger partial charge in [-0.2, -0.15) is 0 Å². The molecule has 2 aliphatic rings. The number of hydrogen-bond acceptors (Lipinski definition) is 2. The lowest BCUT2D eigenvalue weighted by Gasteiger charge is -2.22. The van der Waals surface area contributed by atoms with Gasteiger partial charge in [-0.1, -0.05) is 19.8 Å². The van der Waals surface area contributed by atoms with Gasteiger partial charge in [0.25, 0.3) is 0 Å². The van der Waals surface area contributed by atoms with Crippen LogP contribution < -0.4 is 5.32 Å². The summed E-state index contributed by atoms with van der Waals surface area (Å²) < 4.78 is 0. The first-order valence-electron chi connectivity index (χ1n) is 7.26. The minimum absolute atomic E-state index is 0.741. The van der Waals surface area contributed by atoms with E-state index in [-0.39, 0.29) is 0 Å². The zero-order valence-electron chi connectivity index (χ0n) is 11.0. The zero-order valence-corrected chi connectivity index (χ0v) is 11.0. The Morgan fingerprint density at radius 2 is 2.00 bits per heavy atom. The molecule has 2 heteroatoms. The summed E-state index contributed by atoms with van der Waals surface area (Å²) in [6, 6.07) is 1.52. The van der Waals surface area contributed by atoms with Crippen molar-refractivity contribution in [2.24, 2.45) is 5.92 Å². The van der Waals surface area contributed by atoms with Gasteiger partial charge in [-0.3, -0.25) is 0 Å². The second kappa shape index (κ2) is 6.02. The number of nitrogens with one attached hydrogen (secondary N) is 1. The third-order valence-electron chi connectivity index (χ3n) is 4.17. The molecule has 16 heavy (non-hydrogen) atoms. The molecule has 1 heterocycles. The molecular weight excluding hydrogens is 196 g/mol. The zero-order chi connectivity index (χ0) is 11.4. The SMILES string of the molecule is CCN1CCCC(NC(C)CC2CC2)CC1. The largest absolute Gasteiger partial charge is 0.311 e. The lowest BCUT2D eigenvalue weighted by Crippen LogP contribution is -2.37. The van der Waals surface area contributed by atoms with Crippen molar-refractivity contribution in [2.75, 3.05) is 19.6 Å². The lowest BCUT2D eigenvalue weighted by molar-refractivity contribution is 0.294. The van der Waals surface area contributed by atoms with Gasteiger partial charge in [0, 0.05) is 12.1 Å². The van der Waals surface area contributed by atoms with Crippen LogP contribution in [0.5, 0.6) is 0 Å². The van der Waals surface area contributed by atoms with E-state index in [1.165, 1.54) is 58.2 Å². The predicted molar refractivity (Wildman–Crippen MR) is 69.7 cm³/mol. The van der Waals surface area contributed by atoms with Crippen LogP contribution in [0.15, 0.2) is 0 Å². The Morgan fingerprint density at radius 1 is 1.19 bits per heavy atom. The molecule has 1 aliphatic heterocycles. The normalized spacial score (nSPS) is 30.0. The standard InChI is InChI=1S/C14H28N2/c1-3-16-9-4-5-14(8-10-16)15-12(2)11-13-6-7-13/h12-15H,3-11H2,1-2H3. The summed E-state index contributed by atoms with van der Waals surface area (Å²) in [5, 5.41) is 3.85. The van der Waals surface area contributed by atoms with Gasteiger partial charge < -0.3 is 10.2 Å². The third kappa shape index (κ3) is 4.06. The smallest absolute Gasteiger partial charge is 0.00821 e. The number of nitrogens with zero attached hydrogens (tertiary/aromatic N) is 1. The van der Waals surface area contributed by atoms with Crippen molar-refractivity contribution in [1.29, 1.82) is 0 Å². The Bertz CT molecular complexity index is 201. The van der Waals surface area contributed by atoms with Crippen LogP contribution in [0.4, 0.5) is 0 Å². The highest BCUT2D eigenvalue weighted by molar-refractivity contribution is 4.82. The number of hydrogen-bond donors (Lipinski definition) is 1. The molecule has 0 aromatic carbocycles. The van der Waals surface area contributed by atoms with E-state index in [2.05, 4.69) is 24.1 Å². The maximum Gasteiger partial charge on any atom is 0.00821 e. The minimum atomic E-state index is 0.741. The minimum Gasteiger partial charge on any atom is -0.311 e. The molecular formula is C14H28N2. The highest BCUT2D eigenvalue weighted by Gasteiger charge is 2.25. The molecule has 94 valence electrons. The molecule has 2 atom stereocenters. The summed E-state index contributed by atoms with van der Waals surface area (Å²) >= 11 is 0. The Kier molecular flexibility index (Phi) is 4.66. The maximum atomic E-state index is 3.85. The molecule has 2 rings (SSSR count). The van der Waals surface area contributed by atoms with Crippen LogP contribution in [-0.4, -0.2) is 36.6 Å². The van der Waals surface area contributed by atoms with Crippen molar-refractivity contribution in [3.8, 4) is 0 Å². The molecule has 0 radical (unpaired) electrons. The van der Waals surface area contributed by atoms with E-state index >= 15 is 0 Å². The van der Waals surface area contributed by atoms with Crippen molar-refractivity contribution in [3.05, 3.63) is 0 Å². The summed E-state index contributed by atoms with van der Waals surface area (Å²) in [5.74, 6) is 1.06. The van der Waals surface area contributed by atoms with E-state index in [0.717, 1.165) is 18.0 Å². The molecule has 0 amide bonds. The van der Waals surface area contributed by atoms with Crippen molar-refractivity contribution in [3.63, 3.8) is 0 Å². The monoisotopic (exact) mass is 224 g/mol. The van der Waals surface area contributed by atoms with Gasteiger partial charge in [0.05, 0.1) is 0 Å². The fourth-order valence-corrected chi connectivity index (χ4v) is 2.96. The van der Waals surface area contributed by atoms with E-state index in [1.807, 2.05) is 0 Å². The predicted octanol–water partition coefficient (Wildman–Crippen LogP) is 2.64. The first-order chi connectivity index (χ1) is 7.78. The van der Waals surface area contributed by atoms with Gasteiger partial charge in [-0.05, 0) is 58.2 Å². The van der Waals surface area contributed by atoms with Gasteiger partial charge in [0.15, 0.2) is 0 Å². The highest BCUT2D eigenvalue weighted by atomic mass is 15.1. The van der Waals surface area contributed by atoms with Gasteiger partial charge in [0.1, 0.15) is 0 Å². The number of likely N-dealkylation sites (tertiary alicyclic amines) is 1. The molecule has 0 aromatic heterocycles. The van der Waals surface area contributed by atoms with Gasteiger partial charge in [0.2, 0.25) is 0 Å². The van der Waals surface area contributed by atoms with Crippen LogP contribution in [0, 0.1) is 5.92 Å². The van der Waals surface area contributed by atoms with Crippen LogP contribution >= 0.6 is 0 Å². The Morgan fingerprint density at radius 3 is 2.69 bits per heavy atom. The summed E-state index contributed by atoms with van der Waals surface area (Å²) in [5.41, 5.74) is 0. The average molecular weight is 224 g/mol. The Balaban J connectivity index is 1.67. The molecule has 1 saturated heterocycles. The molecule has 2 nitrogen and oxygen atoms in total. The van der Waals surface area contributed by atoms with Gasteiger partial charge in [-0.25, -0.2) is 0 Å². The molecule has 2 fully saturated rings. The highest BCUT2D eigenvalue weighted by Crippen LogP contribution is 2.33. The van der Waals surface area contributed by atoms with Crippen LogP contribution in [0.2, 0.25) is 0 Å². The first-order valence-corrected chi connectivity index (χ1v) is 7.26. The molecule has 0 spiro atoms. The second-order valence-electron chi connectivity index (χ2n) is 5.81. The topological polar surface area (TPSA) is 15.3 Å². The molecule has 1 aliphatic carbocycles.